The lowest BCUT2D eigenvalue weighted by Gasteiger charge is -2.14. The third-order valence-corrected chi connectivity index (χ3v) is 4.43. The van der Waals surface area contributed by atoms with E-state index in [1.54, 1.807) is 30.5 Å². The lowest BCUT2D eigenvalue weighted by atomic mass is 10.1. The molecule has 0 bridgehead atoms. The summed E-state index contributed by atoms with van der Waals surface area (Å²) in [4.78, 5) is 30.0. The van der Waals surface area contributed by atoms with Crippen LogP contribution in [0.3, 0.4) is 0 Å². The number of carbonyl (C=O) groups is 2. The van der Waals surface area contributed by atoms with E-state index in [2.05, 4.69) is 4.98 Å². The zero-order valence-corrected chi connectivity index (χ0v) is 14.6. The van der Waals surface area contributed by atoms with Crippen LogP contribution in [0.4, 0.5) is 0 Å². The fraction of sp³-hybridized carbons (Fsp3) is 0.190. The van der Waals surface area contributed by atoms with Gasteiger partial charge in [-0.05, 0) is 30.3 Å². The third kappa shape index (κ3) is 3.39. The molecular weight excluding hydrogens is 344 g/mol. The number of ether oxygens (including phenoxy) is 2. The van der Waals surface area contributed by atoms with Crippen LogP contribution in [0, 0.1) is 0 Å². The standard InChI is InChI=1S/C21H18N2O4/c24-20-15-5-1-2-6-16(15)21(25)23(20)11-12-26-13-14-27-19-9-10-22-18-8-4-3-7-17(18)19/h1-10H,11-14H2. The second-order valence-corrected chi connectivity index (χ2v) is 6.09. The third-order valence-electron chi connectivity index (χ3n) is 4.43. The summed E-state index contributed by atoms with van der Waals surface area (Å²) in [5, 5.41) is 0.950. The van der Waals surface area contributed by atoms with Gasteiger partial charge in [-0.25, -0.2) is 0 Å². The topological polar surface area (TPSA) is 68.7 Å². The van der Waals surface area contributed by atoms with Gasteiger partial charge in [-0.3, -0.25) is 19.5 Å². The quantitative estimate of drug-likeness (QED) is 0.477. The first-order valence-electron chi connectivity index (χ1n) is 8.75. The van der Waals surface area contributed by atoms with Crippen LogP contribution in [0.15, 0.2) is 60.8 Å². The predicted molar refractivity (Wildman–Crippen MR) is 99.9 cm³/mol. The Kier molecular flexibility index (Phi) is 4.80. The summed E-state index contributed by atoms with van der Waals surface area (Å²) in [6.45, 7) is 1.23. The summed E-state index contributed by atoms with van der Waals surface area (Å²) in [6.07, 6.45) is 1.71. The van der Waals surface area contributed by atoms with Crippen molar-refractivity contribution in [3.63, 3.8) is 0 Å². The number of pyridine rings is 1. The highest BCUT2D eigenvalue weighted by atomic mass is 16.5. The number of hydrogen-bond acceptors (Lipinski definition) is 5. The van der Waals surface area contributed by atoms with E-state index in [0.717, 1.165) is 16.7 Å². The minimum Gasteiger partial charge on any atom is -0.490 e. The number of aromatic nitrogens is 1. The molecule has 2 amide bonds. The van der Waals surface area contributed by atoms with Crippen LogP contribution in [-0.4, -0.2) is 48.1 Å². The molecule has 0 radical (unpaired) electrons. The van der Waals surface area contributed by atoms with E-state index in [-0.39, 0.29) is 25.0 Å². The lowest BCUT2D eigenvalue weighted by molar-refractivity contribution is 0.0528. The molecule has 0 fully saturated rings. The highest BCUT2D eigenvalue weighted by molar-refractivity contribution is 6.21. The number of amides is 2. The van der Waals surface area contributed by atoms with Gasteiger partial charge in [-0.15, -0.1) is 0 Å². The zero-order valence-electron chi connectivity index (χ0n) is 14.6. The molecule has 0 spiro atoms. The van der Waals surface area contributed by atoms with Gasteiger partial charge in [0, 0.05) is 11.6 Å². The molecule has 0 aliphatic carbocycles. The maximum atomic E-state index is 12.3. The van der Waals surface area contributed by atoms with Gasteiger partial charge in [0.05, 0.1) is 36.4 Å². The monoisotopic (exact) mass is 362 g/mol. The molecule has 0 N–H and O–H groups in total. The number of nitrogens with zero attached hydrogens (tertiary/aromatic N) is 2. The Hall–Kier alpha value is -3.25. The molecule has 1 aliphatic heterocycles. The van der Waals surface area contributed by atoms with Crippen molar-refractivity contribution in [2.24, 2.45) is 0 Å². The molecule has 0 saturated heterocycles. The smallest absolute Gasteiger partial charge is 0.261 e. The lowest BCUT2D eigenvalue weighted by Crippen LogP contribution is -2.33. The van der Waals surface area contributed by atoms with E-state index in [4.69, 9.17) is 9.47 Å². The molecular formula is C21H18N2O4. The van der Waals surface area contributed by atoms with Crippen molar-refractivity contribution in [3.05, 3.63) is 71.9 Å². The number of carbonyl (C=O) groups excluding carboxylic acids is 2. The fourth-order valence-electron chi connectivity index (χ4n) is 3.11. The molecule has 0 saturated carbocycles. The van der Waals surface area contributed by atoms with Crippen molar-refractivity contribution in [1.29, 1.82) is 0 Å². The molecule has 6 nitrogen and oxygen atoms in total. The Morgan fingerprint density at radius 2 is 1.52 bits per heavy atom. The molecule has 0 atom stereocenters. The van der Waals surface area contributed by atoms with E-state index >= 15 is 0 Å². The molecule has 1 aromatic heterocycles. The highest BCUT2D eigenvalue weighted by Gasteiger charge is 2.34. The molecule has 1 aliphatic rings. The molecule has 0 unspecified atom stereocenters. The van der Waals surface area contributed by atoms with Gasteiger partial charge in [0.2, 0.25) is 0 Å². The molecule has 3 aromatic rings. The van der Waals surface area contributed by atoms with E-state index < -0.39 is 0 Å². The number of hydrogen-bond donors (Lipinski definition) is 0. The van der Waals surface area contributed by atoms with Crippen molar-refractivity contribution in [2.45, 2.75) is 0 Å². The summed E-state index contributed by atoms with van der Waals surface area (Å²) >= 11 is 0. The van der Waals surface area contributed by atoms with Crippen LogP contribution >= 0.6 is 0 Å². The maximum absolute atomic E-state index is 12.3. The van der Waals surface area contributed by atoms with Crippen molar-refractivity contribution in [3.8, 4) is 5.75 Å². The Morgan fingerprint density at radius 3 is 2.30 bits per heavy atom. The largest absolute Gasteiger partial charge is 0.490 e. The second kappa shape index (κ2) is 7.55. The molecule has 6 heteroatoms. The van der Waals surface area contributed by atoms with E-state index in [9.17, 15) is 9.59 Å². The van der Waals surface area contributed by atoms with E-state index in [1.165, 1.54) is 4.90 Å². The second-order valence-electron chi connectivity index (χ2n) is 6.09. The summed E-state index contributed by atoms with van der Waals surface area (Å²) in [7, 11) is 0. The van der Waals surface area contributed by atoms with Gasteiger partial charge < -0.3 is 9.47 Å². The zero-order chi connectivity index (χ0) is 18.6. The Balaban J connectivity index is 1.25. The van der Waals surface area contributed by atoms with E-state index in [1.807, 2.05) is 30.3 Å². The number of fused-ring (bicyclic) bond motifs is 2. The van der Waals surface area contributed by atoms with Gasteiger partial charge in [-0.2, -0.15) is 0 Å². The van der Waals surface area contributed by atoms with Gasteiger partial charge in [0.1, 0.15) is 12.4 Å². The van der Waals surface area contributed by atoms with Gasteiger partial charge >= 0.3 is 0 Å². The number of benzene rings is 2. The summed E-state index contributed by atoms with van der Waals surface area (Å²) in [5.41, 5.74) is 1.78. The van der Waals surface area contributed by atoms with Crippen molar-refractivity contribution < 1.29 is 19.1 Å². The van der Waals surface area contributed by atoms with Crippen LogP contribution in [-0.2, 0) is 4.74 Å². The van der Waals surface area contributed by atoms with Gasteiger partial charge in [0.15, 0.2) is 0 Å². The van der Waals surface area contributed by atoms with Crippen LogP contribution in [0.25, 0.3) is 10.9 Å². The van der Waals surface area contributed by atoms with Crippen LogP contribution in [0.1, 0.15) is 20.7 Å². The van der Waals surface area contributed by atoms with Gasteiger partial charge in [-0.1, -0.05) is 24.3 Å². The minimum atomic E-state index is -0.265. The normalized spacial score (nSPS) is 13.3. The molecule has 2 heterocycles. The molecule has 136 valence electrons. The molecule has 27 heavy (non-hydrogen) atoms. The maximum Gasteiger partial charge on any atom is 0.261 e. The van der Waals surface area contributed by atoms with Crippen molar-refractivity contribution in [1.82, 2.24) is 9.88 Å². The Morgan fingerprint density at radius 1 is 0.815 bits per heavy atom. The SMILES string of the molecule is O=C1c2ccccc2C(=O)N1CCOCCOc1ccnc2ccccc12. The highest BCUT2D eigenvalue weighted by Crippen LogP contribution is 2.23. The predicted octanol–water partition coefficient (Wildman–Crippen LogP) is 2.93. The first-order valence-corrected chi connectivity index (χ1v) is 8.75. The first-order chi connectivity index (χ1) is 13.3. The van der Waals surface area contributed by atoms with Crippen LogP contribution < -0.4 is 4.74 Å². The average molecular weight is 362 g/mol. The number of imide groups is 1. The molecule has 2 aromatic carbocycles. The van der Waals surface area contributed by atoms with Crippen molar-refractivity contribution in [2.75, 3.05) is 26.4 Å². The van der Waals surface area contributed by atoms with E-state index in [0.29, 0.717) is 24.3 Å². The first kappa shape index (κ1) is 17.2. The summed E-state index contributed by atoms with van der Waals surface area (Å²) < 4.78 is 11.3. The Bertz CT molecular complexity index is 962. The number of rotatable bonds is 7. The van der Waals surface area contributed by atoms with Crippen LogP contribution in [0.2, 0.25) is 0 Å². The average Bonchev–Trinajstić information content (AvgIpc) is 2.95. The van der Waals surface area contributed by atoms with Gasteiger partial charge in [0.25, 0.3) is 11.8 Å². The number of para-hydroxylation sites is 1. The summed E-state index contributed by atoms with van der Waals surface area (Å²) in [5.74, 6) is 0.224. The summed E-state index contributed by atoms with van der Waals surface area (Å²) in [6, 6.07) is 16.4. The minimum absolute atomic E-state index is 0.227. The van der Waals surface area contributed by atoms with Crippen LogP contribution in [0.5, 0.6) is 5.75 Å². The molecule has 4 rings (SSSR count). The fourth-order valence-corrected chi connectivity index (χ4v) is 3.11. The Labute approximate surface area is 156 Å². The van der Waals surface area contributed by atoms with Crippen molar-refractivity contribution >= 4 is 22.7 Å².